The standard InChI is InChI=1S/C23H38N6O.HI/c1-5-24-23(29-17-15-27(16-18-29)21(4)30)25-9-10-26-11-13-28(14-12-26)22-8-6-7-19(2)20(22)3;/h6-8H,5,9-18H2,1-4H3,(H,24,25);1H. The number of aryl methyl sites for hydroxylation is 1. The van der Waals surface area contributed by atoms with Crippen molar-refractivity contribution in [3.8, 4) is 0 Å². The number of anilines is 1. The first-order valence-corrected chi connectivity index (χ1v) is 11.3. The quantitative estimate of drug-likeness (QED) is 0.351. The highest BCUT2D eigenvalue weighted by molar-refractivity contribution is 14.0. The zero-order valence-electron chi connectivity index (χ0n) is 19.6. The van der Waals surface area contributed by atoms with E-state index >= 15 is 0 Å². The van der Waals surface area contributed by atoms with Crippen LogP contribution in [0.4, 0.5) is 5.69 Å². The van der Waals surface area contributed by atoms with Gasteiger partial charge in [0.2, 0.25) is 5.91 Å². The molecule has 2 heterocycles. The van der Waals surface area contributed by atoms with Gasteiger partial charge in [0.25, 0.3) is 0 Å². The van der Waals surface area contributed by atoms with Crippen molar-refractivity contribution in [2.45, 2.75) is 27.7 Å². The molecule has 0 spiro atoms. The highest BCUT2D eigenvalue weighted by atomic mass is 127. The molecule has 0 aromatic heterocycles. The summed E-state index contributed by atoms with van der Waals surface area (Å²) in [7, 11) is 0. The van der Waals surface area contributed by atoms with Crippen molar-refractivity contribution in [1.82, 2.24) is 20.0 Å². The van der Waals surface area contributed by atoms with Gasteiger partial charge < -0.3 is 20.0 Å². The lowest BCUT2D eigenvalue weighted by Gasteiger charge is -2.37. The largest absolute Gasteiger partial charge is 0.369 e. The molecule has 1 N–H and O–H groups in total. The van der Waals surface area contributed by atoms with Crippen molar-refractivity contribution >= 4 is 41.5 Å². The first kappa shape index (κ1) is 25.7. The van der Waals surface area contributed by atoms with E-state index in [0.717, 1.165) is 78.0 Å². The third-order valence-corrected chi connectivity index (χ3v) is 6.33. The van der Waals surface area contributed by atoms with Crippen LogP contribution in [0.15, 0.2) is 23.2 Å². The Kier molecular flexibility index (Phi) is 10.3. The molecule has 0 saturated carbocycles. The molecule has 0 unspecified atom stereocenters. The SMILES string of the molecule is CCNC(=NCCN1CCN(c2cccc(C)c2C)CC1)N1CCN(C(C)=O)CC1.I. The molecule has 1 aromatic rings. The Balaban J connectivity index is 0.00000341. The Morgan fingerprint density at radius 1 is 1.00 bits per heavy atom. The fraction of sp³-hybridized carbons (Fsp3) is 0.652. The summed E-state index contributed by atoms with van der Waals surface area (Å²) in [5.74, 6) is 1.14. The molecule has 7 nitrogen and oxygen atoms in total. The molecule has 0 atom stereocenters. The fourth-order valence-corrected chi connectivity index (χ4v) is 4.25. The zero-order chi connectivity index (χ0) is 21.5. The molecule has 2 saturated heterocycles. The summed E-state index contributed by atoms with van der Waals surface area (Å²) in [6, 6.07) is 6.60. The maximum absolute atomic E-state index is 11.5. The molecule has 1 aromatic carbocycles. The summed E-state index contributed by atoms with van der Waals surface area (Å²) in [6.07, 6.45) is 0. The Morgan fingerprint density at radius 2 is 1.65 bits per heavy atom. The highest BCUT2D eigenvalue weighted by Gasteiger charge is 2.21. The number of guanidine groups is 1. The third kappa shape index (κ3) is 6.97. The molecule has 0 radical (unpaired) electrons. The van der Waals surface area contributed by atoms with Gasteiger partial charge in [0.1, 0.15) is 0 Å². The number of piperazine rings is 2. The van der Waals surface area contributed by atoms with Gasteiger partial charge in [-0.25, -0.2) is 0 Å². The molecule has 0 aliphatic carbocycles. The molecule has 8 heteroatoms. The summed E-state index contributed by atoms with van der Waals surface area (Å²) >= 11 is 0. The van der Waals surface area contributed by atoms with E-state index in [1.54, 1.807) is 6.92 Å². The van der Waals surface area contributed by atoms with Crippen molar-refractivity contribution in [3.05, 3.63) is 29.3 Å². The second-order valence-corrected chi connectivity index (χ2v) is 8.28. The average Bonchev–Trinajstić information content (AvgIpc) is 2.76. The summed E-state index contributed by atoms with van der Waals surface area (Å²) in [4.78, 5) is 25.6. The van der Waals surface area contributed by atoms with E-state index < -0.39 is 0 Å². The van der Waals surface area contributed by atoms with Gasteiger partial charge >= 0.3 is 0 Å². The van der Waals surface area contributed by atoms with Crippen molar-refractivity contribution < 1.29 is 4.79 Å². The summed E-state index contributed by atoms with van der Waals surface area (Å²) < 4.78 is 0. The lowest BCUT2D eigenvalue weighted by molar-refractivity contribution is -0.130. The van der Waals surface area contributed by atoms with Crippen LogP contribution in [0, 0.1) is 13.8 Å². The number of rotatable bonds is 5. The topological polar surface area (TPSA) is 54.4 Å². The number of benzene rings is 1. The highest BCUT2D eigenvalue weighted by Crippen LogP contribution is 2.23. The van der Waals surface area contributed by atoms with Gasteiger partial charge in [0.05, 0.1) is 6.54 Å². The molecule has 1 amide bonds. The summed E-state index contributed by atoms with van der Waals surface area (Å²) in [5.41, 5.74) is 4.15. The minimum absolute atomic E-state index is 0. The first-order valence-electron chi connectivity index (χ1n) is 11.3. The van der Waals surface area contributed by atoms with Crippen molar-refractivity contribution in [3.63, 3.8) is 0 Å². The average molecular weight is 543 g/mol. The van der Waals surface area contributed by atoms with Crippen LogP contribution in [0.3, 0.4) is 0 Å². The van der Waals surface area contributed by atoms with Gasteiger partial charge in [-0.15, -0.1) is 24.0 Å². The van der Waals surface area contributed by atoms with E-state index in [-0.39, 0.29) is 29.9 Å². The number of carbonyl (C=O) groups is 1. The van der Waals surface area contributed by atoms with Gasteiger partial charge in [0.15, 0.2) is 5.96 Å². The van der Waals surface area contributed by atoms with Crippen LogP contribution in [0.1, 0.15) is 25.0 Å². The minimum atomic E-state index is 0. The van der Waals surface area contributed by atoms with Crippen LogP contribution in [-0.4, -0.2) is 98.6 Å². The molecule has 3 rings (SSSR count). The number of halogens is 1. The van der Waals surface area contributed by atoms with Crippen molar-refractivity contribution in [2.24, 2.45) is 4.99 Å². The van der Waals surface area contributed by atoms with Crippen molar-refractivity contribution in [1.29, 1.82) is 0 Å². The van der Waals surface area contributed by atoms with Crippen molar-refractivity contribution in [2.75, 3.05) is 76.9 Å². The second kappa shape index (κ2) is 12.5. The minimum Gasteiger partial charge on any atom is -0.369 e. The number of amides is 1. The molecule has 0 bridgehead atoms. The predicted octanol–water partition coefficient (Wildman–Crippen LogP) is 2.17. The van der Waals surface area contributed by atoms with E-state index in [2.05, 4.69) is 59.0 Å². The van der Waals surface area contributed by atoms with Crippen LogP contribution in [0.25, 0.3) is 0 Å². The Hall–Kier alpha value is -1.55. The van der Waals surface area contributed by atoms with Gasteiger partial charge in [-0.1, -0.05) is 12.1 Å². The fourth-order valence-electron chi connectivity index (χ4n) is 4.25. The first-order chi connectivity index (χ1) is 14.5. The number of carbonyl (C=O) groups excluding carboxylic acids is 1. The Labute approximate surface area is 204 Å². The van der Waals surface area contributed by atoms with E-state index in [4.69, 9.17) is 4.99 Å². The smallest absolute Gasteiger partial charge is 0.219 e. The summed E-state index contributed by atoms with van der Waals surface area (Å²) in [6.45, 7) is 18.4. The number of aliphatic imine (C=N–C) groups is 1. The van der Waals surface area contributed by atoms with Crippen LogP contribution < -0.4 is 10.2 Å². The Morgan fingerprint density at radius 3 is 2.26 bits per heavy atom. The lowest BCUT2D eigenvalue weighted by atomic mass is 10.1. The van der Waals surface area contributed by atoms with Gasteiger partial charge in [-0.3, -0.25) is 14.7 Å². The van der Waals surface area contributed by atoms with Gasteiger partial charge in [-0.05, 0) is 38.0 Å². The lowest BCUT2D eigenvalue weighted by Crippen LogP contribution is -2.53. The Bertz CT molecular complexity index is 740. The van der Waals surface area contributed by atoms with E-state index in [1.165, 1.54) is 16.8 Å². The van der Waals surface area contributed by atoms with Gasteiger partial charge in [0, 0.05) is 78.1 Å². The maximum atomic E-state index is 11.5. The molecule has 31 heavy (non-hydrogen) atoms. The number of hydrogen-bond acceptors (Lipinski definition) is 4. The molecule has 2 fully saturated rings. The second-order valence-electron chi connectivity index (χ2n) is 8.28. The third-order valence-electron chi connectivity index (χ3n) is 6.33. The van der Waals surface area contributed by atoms with E-state index in [1.807, 2.05) is 4.90 Å². The number of nitrogens with one attached hydrogen (secondary N) is 1. The van der Waals surface area contributed by atoms with E-state index in [0.29, 0.717) is 0 Å². The van der Waals surface area contributed by atoms with Crippen LogP contribution >= 0.6 is 24.0 Å². The monoisotopic (exact) mass is 542 g/mol. The van der Waals surface area contributed by atoms with Crippen LogP contribution in [0.2, 0.25) is 0 Å². The molecule has 174 valence electrons. The molecule has 2 aliphatic heterocycles. The van der Waals surface area contributed by atoms with Crippen LogP contribution in [0.5, 0.6) is 0 Å². The van der Waals surface area contributed by atoms with Gasteiger partial charge in [-0.2, -0.15) is 0 Å². The normalized spacial score (nSPS) is 18.1. The molecular formula is C23H39IN6O. The predicted molar refractivity (Wildman–Crippen MR) is 140 cm³/mol. The number of nitrogens with zero attached hydrogens (tertiary/aromatic N) is 5. The van der Waals surface area contributed by atoms with Crippen LogP contribution in [-0.2, 0) is 4.79 Å². The zero-order valence-corrected chi connectivity index (χ0v) is 21.9. The van der Waals surface area contributed by atoms with E-state index in [9.17, 15) is 4.79 Å². The summed E-state index contributed by atoms with van der Waals surface area (Å²) in [5, 5.41) is 3.42. The maximum Gasteiger partial charge on any atom is 0.219 e. The number of hydrogen-bond donors (Lipinski definition) is 1. The molecular weight excluding hydrogens is 503 g/mol. The molecule has 2 aliphatic rings.